The zero-order valence-electron chi connectivity index (χ0n) is 31.0. The van der Waals surface area contributed by atoms with E-state index in [1.54, 1.807) is 24.5 Å². The average Bonchev–Trinajstić information content (AvgIpc) is 3.40. The van der Waals surface area contributed by atoms with E-state index in [0.717, 1.165) is 72.7 Å². The highest BCUT2D eigenvalue weighted by Gasteiger charge is 2.51. The van der Waals surface area contributed by atoms with Gasteiger partial charge in [-0.05, 0) is 93.0 Å². The third-order valence-electron chi connectivity index (χ3n) is 11.5. The number of aromatic nitrogens is 4. The summed E-state index contributed by atoms with van der Waals surface area (Å²) in [4.78, 5) is 20.2. The Balaban J connectivity index is 1.21. The topological polar surface area (TPSA) is 85.7 Å². The van der Waals surface area contributed by atoms with Crippen molar-refractivity contribution in [1.29, 1.82) is 0 Å². The van der Waals surface area contributed by atoms with E-state index in [4.69, 9.17) is 15.0 Å². The monoisotopic (exact) mass is 764 g/mol. The van der Waals surface area contributed by atoms with Gasteiger partial charge in [0.25, 0.3) is 0 Å². The predicted molar refractivity (Wildman–Crippen MR) is 228 cm³/mol. The number of fused-ring (bicyclic) bond motifs is 11. The quantitative estimate of drug-likeness (QED) is 0.177. The summed E-state index contributed by atoms with van der Waals surface area (Å²) in [6.45, 7) is 0. The minimum atomic E-state index is -3.85. The van der Waals surface area contributed by atoms with Crippen molar-refractivity contribution >= 4 is 9.84 Å². The molecule has 0 bridgehead atoms. The van der Waals surface area contributed by atoms with Crippen LogP contribution >= 0.6 is 0 Å². The largest absolute Gasteiger partial charge is 0.264 e. The van der Waals surface area contributed by atoms with Gasteiger partial charge in [-0.2, -0.15) is 0 Å². The maximum absolute atomic E-state index is 14.6. The van der Waals surface area contributed by atoms with E-state index in [9.17, 15) is 8.42 Å². The lowest BCUT2D eigenvalue weighted by molar-refractivity contribution is 0.579. The number of nitrogens with zero attached hydrogens (tertiary/aromatic N) is 4. The Morgan fingerprint density at radius 2 is 0.948 bits per heavy atom. The van der Waals surface area contributed by atoms with Crippen molar-refractivity contribution in [2.24, 2.45) is 0 Å². The smallest absolute Gasteiger partial charge is 0.207 e. The van der Waals surface area contributed by atoms with Crippen LogP contribution in [0.15, 0.2) is 204 Å². The van der Waals surface area contributed by atoms with Gasteiger partial charge in [0.05, 0.1) is 32.3 Å². The van der Waals surface area contributed by atoms with Crippen LogP contribution in [0, 0.1) is 0 Å². The third kappa shape index (κ3) is 5.07. The number of sulfone groups is 1. The molecule has 0 N–H and O–H groups in total. The zero-order chi connectivity index (χ0) is 38.8. The Hall–Kier alpha value is -7.35. The second-order valence-electron chi connectivity index (χ2n) is 14.6. The van der Waals surface area contributed by atoms with Crippen LogP contribution in [0.25, 0.3) is 67.4 Å². The molecule has 1 aliphatic carbocycles. The van der Waals surface area contributed by atoms with E-state index in [2.05, 4.69) is 83.8 Å². The fraction of sp³-hybridized carbons (Fsp3) is 0.0196. The van der Waals surface area contributed by atoms with Crippen molar-refractivity contribution in [2.75, 3.05) is 0 Å². The first-order valence-electron chi connectivity index (χ1n) is 19.1. The molecule has 9 aromatic rings. The predicted octanol–water partition coefficient (Wildman–Crippen LogP) is 11.1. The van der Waals surface area contributed by atoms with Crippen LogP contribution in [0.1, 0.15) is 22.3 Å². The Kier molecular flexibility index (Phi) is 7.68. The number of rotatable bonds is 4. The highest BCUT2D eigenvalue weighted by Crippen LogP contribution is 2.59. The minimum absolute atomic E-state index is 0.303. The maximum Gasteiger partial charge on any atom is 0.207 e. The SMILES string of the molecule is O=S1(=O)c2ccccc2C2(c3ccccc3-c3ccccc3-c3ccc(-c4nc(-c5ccccc5)cc(-c5ccc(-c6cccnc6)nc5)n4)cc32)c2ccccc21. The molecule has 0 saturated carbocycles. The Morgan fingerprint density at radius 3 is 1.60 bits per heavy atom. The van der Waals surface area contributed by atoms with Crippen LogP contribution in [-0.2, 0) is 15.3 Å². The van der Waals surface area contributed by atoms with Gasteiger partial charge in [0, 0.05) is 40.8 Å². The summed E-state index contributed by atoms with van der Waals surface area (Å²) in [6.07, 6.45) is 5.40. The van der Waals surface area contributed by atoms with Gasteiger partial charge in [-0.3, -0.25) is 9.97 Å². The van der Waals surface area contributed by atoms with Crippen molar-refractivity contribution in [3.63, 3.8) is 0 Å². The zero-order valence-corrected chi connectivity index (χ0v) is 31.8. The molecule has 6 aromatic carbocycles. The van der Waals surface area contributed by atoms with Gasteiger partial charge in [-0.15, -0.1) is 0 Å². The fourth-order valence-corrected chi connectivity index (χ4v) is 10.7. The molecule has 0 saturated heterocycles. The van der Waals surface area contributed by atoms with E-state index < -0.39 is 15.3 Å². The van der Waals surface area contributed by atoms with Crippen molar-refractivity contribution < 1.29 is 8.42 Å². The van der Waals surface area contributed by atoms with Crippen LogP contribution in [0.4, 0.5) is 0 Å². The Morgan fingerprint density at radius 1 is 0.397 bits per heavy atom. The first-order chi connectivity index (χ1) is 28.5. The molecular formula is C51H32N4O2S. The summed E-state index contributed by atoms with van der Waals surface area (Å²) in [5, 5.41) is 0. The number of benzene rings is 6. The van der Waals surface area contributed by atoms with Crippen LogP contribution in [0.3, 0.4) is 0 Å². The van der Waals surface area contributed by atoms with Crippen LogP contribution in [-0.4, -0.2) is 28.4 Å². The van der Waals surface area contributed by atoms with Gasteiger partial charge >= 0.3 is 0 Å². The lowest BCUT2D eigenvalue weighted by Crippen LogP contribution is -2.38. The van der Waals surface area contributed by atoms with E-state index >= 15 is 0 Å². The molecule has 0 amide bonds. The van der Waals surface area contributed by atoms with Gasteiger partial charge in [-0.1, -0.05) is 127 Å². The van der Waals surface area contributed by atoms with E-state index in [-0.39, 0.29) is 0 Å². The third-order valence-corrected chi connectivity index (χ3v) is 13.4. The standard InChI is InChI=1S/C51H32N4O2S/c56-58(57)48-22-10-8-20-42(48)51(43-21-9-11-23-49(43)58)41-19-7-6-18-39(41)37-16-4-5-17-38(37)40-26-24-34(29-44(40)51)50-54-46(33-13-2-1-3-14-33)30-47(55-50)36-25-27-45(53-32-36)35-15-12-28-52-31-35/h1-32H. The summed E-state index contributed by atoms with van der Waals surface area (Å²) < 4.78 is 29.1. The molecule has 7 heteroatoms. The van der Waals surface area contributed by atoms with Gasteiger partial charge in [-0.25, -0.2) is 18.4 Å². The van der Waals surface area contributed by atoms with Crippen molar-refractivity contribution in [1.82, 2.24) is 19.9 Å². The molecule has 1 spiro atoms. The van der Waals surface area contributed by atoms with E-state index in [1.807, 2.05) is 91.1 Å². The van der Waals surface area contributed by atoms with Crippen molar-refractivity contribution in [3.05, 3.63) is 217 Å². The summed E-state index contributed by atoms with van der Waals surface area (Å²) in [6, 6.07) is 58.4. The summed E-state index contributed by atoms with van der Waals surface area (Å²) in [7, 11) is -3.85. The highest BCUT2D eigenvalue weighted by molar-refractivity contribution is 7.91. The van der Waals surface area contributed by atoms with Gasteiger partial charge in [0.1, 0.15) is 0 Å². The van der Waals surface area contributed by atoms with Crippen LogP contribution in [0.5, 0.6) is 0 Å². The molecule has 2 aliphatic rings. The second-order valence-corrected chi connectivity index (χ2v) is 16.5. The molecule has 4 heterocycles. The number of pyridine rings is 2. The number of hydrogen-bond donors (Lipinski definition) is 0. The first-order valence-corrected chi connectivity index (χ1v) is 20.6. The van der Waals surface area contributed by atoms with E-state index in [0.29, 0.717) is 26.7 Å². The first kappa shape index (κ1) is 33.9. The molecule has 3 aromatic heterocycles. The van der Waals surface area contributed by atoms with Gasteiger partial charge in [0.15, 0.2) is 5.82 Å². The number of hydrogen-bond acceptors (Lipinski definition) is 6. The molecule has 0 fully saturated rings. The molecule has 6 nitrogen and oxygen atoms in total. The molecule has 0 unspecified atom stereocenters. The molecular weight excluding hydrogens is 733 g/mol. The molecule has 0 radical (unpaired) electrons. The van der Waals surface area contributed by atoms with Crippen LogP contribution in [0.2, 0.25) is 0 Å². The fourth-order valence-electron chi connectivity index (χ4n) is 8.95. The van der Waals surface area contributed by atoms with Crippen molar-refractivity contribution in [3.8, 4) is 67.4 Å². The second kappa shape index (κ2) is 13.1. The summed E-state index contributed by atoms with van der Waals surface area (Å²) in [5.41, 5.74) is 12.4. The summed E-state index contributed by atoms with van der Waals surface area (Å²) >= 11 is 0. The minimum Gasteiger partial charge on any atom is -0.264 e. The van der Waals surface area contributed by atoms with Gasteiger partial charge < -0.3 is 0 Å². The lowest BCUT2D eigenvalue weighted by atomic mass is 9.63. The Labute approximate surface area is 336 Å². The van der Waals surface area contributed by atoms with Gasteiger partial charge in [0.2, 0.25) is 9.84 Å². The van der Waals surface area contributed by atoms with E-state index in [1.165, 1.54) is 0 Å². The average molecular weight is 765 g/mol. The molecule has 11 rings (SSSR count). The normalized spacial score (nSPS) is 13.9. The van der Waals surface area contributed by atoms with Crippen molar-refractivity contribution in [2.45, 2.75) is 15.2 Å². The lowest BCUT2D eigenvalue weighted by Gasteiger charge is -2.42. The summed E-state index contributed by atoms with van der Waals surface area (Å²) in [5.74, 6) is 0.543. The molecule has 274 valence electrons. The molecule has 0 atom stereocenters. The molecule has 1 aliphatic heterocycles. The molecule has 58 heavy (non-hydrogen) atoms. The maximum atomic E-state index is 14.6. The highest BCUT2D eigenvalue weighted by atomic mass is 32.2. The van der Waals surface area contributed by atoms with Crippen LogP contribution < -0.4 is 0 Å². The Bertz CT molecular complexity index is 3130.